The summed E-state index contributed by atoms with van der Waals surface area (Å²) in [6, 6.07) is 13.3. The van der Waals surface area contributed by atoms with E-state index in [0.29, 0.717) is 31.9 Å². The molecule has 1 unspecified atom stereocenters. The first-order valence-corrected chi connectivity index (χ1v) is 11.3. The molecule has 0 aliphatic carbocycles. The van der Waals surface area contributed by atoms with E-state index in [2.05, 4.69) is 23.3 Å². The molecule has 3 aromatic rings. The number of nitrogens with one attached hydrogen (secondary N) is 1. The number of aryl methyl sites for hydroxylation is 1. The number of nitrogens with zero attached hydrogens (tertiary/aromatic N) is 3. The maximum absolute atomic E-state index is 12.7. The number of hydrogen-bond acceptors (Lipinski definition) is 5. The highest BCUT2D eigenvalue weighted by atomic mass is 32.1. The maximum atomic E-state index is 12.7. The normalized spacial score (nSPS) is 16.9. The van der Waals surface area contributed by atoms with Gasteiger partial charge in [-0.1, -0.05) is 6.07 Å². The predicted octanol–water partition coefficient (Wildman–Crippen LogP) is 4.78. The molecule has 1 N–H and O–H groups in total. The van der Waals surface area contributed by atoms with E-state index in [0.717, 1.165) is 20.8 Å². The number of benzene rings is 2. The van der Waals surface area contributed by atoms with Gasteiger partial charge < -0.3 is 5.32 Å². The van der Waals surface area contributed by atoms with E-state index in [1.807, 2.05) is 41.3 Å². The number of carbonyl (C=O) groups is 1. The van der Waals surface area contributed by atoms with Crippen LogP contribution in [-0.2, 0) is 4.79 Å². The van der Waals surface area contributed by atoms with Crippen molar-refractivity contribution in [1.29, 1.82) is 0 Å². The van der Waals surface area contributed by atoms with E-state index in [1.165, 1.54) is 10.5 Å². The second-order valence-electron chi connectivity index (χ2n) is 8.16. The molecule has 5 nitrogen and oxygen atoms in total. The Balaban J connectivity index is 1.34. The first-order chi connectivity index (χ1) is 15.2. The van der Waals surface area contributed by atoms with Crippen molar-refractivity contribution in [2.24, 2.45) is 0 Å². The van der Waals surface area contributed by atoms with Gasteiger partial charge >= 0.3 is 6.18 Å². The summed E-state index contributed by atoms with van der Waals surface area (Å²) in [4.78, 5) is 20.6. The fraction of sp³-hybridized carbons (Fsp3) is 0.391. The first kappa shape index (κ1) is 22.7. The van der Waals surface area contributed by atoms with E-state index in [1.54, 1.807) is 18.3 Å². The molecule has 0 spiro atoms. The summed E-state index contributed by atoms with van der Waals surface area (Å²) in [7, 11) is 0. The molecule has 32 heavy (non-hydrogen) atoms. The number of thiazole rings is 1. The molecule has 1 atom stereocenters. The molecule has 0 saturated carbocycles. The van der Waals surface area contributed by atoms with Gasteiger partial charge in [-0.05, 0) is 55.8 Å². The van der Waals surface area contributed by atoms with Crippen LogP contribution in [0.25, 0.3) is 20.8 Å². The Morgan fingerprint density at radius 1 is 1.12 bits per heavy atom. The molecule has 0 bridgehead atoms. The van der Waals surface area contributed by atoms with Crippen molar-refractivity contribution in [3.8, 4) is 10.6 Å². The Morgan fingerprint density at radius 2 is 1.81 bits per heavy atom. The van der Waals surface area contributed by atoms with Crippen molar-refractivity contribution < 1.29 is 18.0 Å². The minimum Gasteiger partial charge on any atom is -0.325 e. The van der Waals surface area contributed by atoms with Crippen LogP contribution in [0, 0.1) is 6.92 Å². The van der Waals surface area contributed by atoms with Crippen LogP contribution in [0.4, 0.5) is 18.9 Å². The van der Waals surface area contributed by atoms with Crippen LogP contribution in [0.5, 0.6) is 0 Å². The molecule has 1 amide bonds. The summed E-state index contributed by atoms with van der Waals surface area (Å²) in [5, 5.41) is 3.83. The minimum absolute atomic E-state index is 0.169. The zero-order valence-corrected chi connectivity index (χ0v) is 18.8. The molecule has 1 aromatic heterocycles. The fourth-order valence-corrected chi connectivity index (χ4v) is 4.90. The lowest BCUT2D eigenvalue weighted by Gasteiger charge is -2.37. The number of aromatic nitrogens is 1. The van der Waals surface area contributed by atoms with Crippen molar-refractivity contribution in [2.75, 3.05) is 38.0 Å². The molecule has 4 rings (SSSR count). The highest BCUT2D eigenvalue weighted by Crippen LogP contribution is 2.31. The van der Waals surface area contributed by atoms with E-state index < -0.39 is 18.8 Å². The quantitative estimate of drug-likeness (QED) is 0.593. The second kappa shape index (κ2) is 9.17. The van der Waals surface area contributed by atoms with Crippen LogP contribution in [0.2, 0.25) is 0 Å². The van der Waals surface area contributed by atoms with Gasteiger partial charge in [0.05, 0.1) is 22.8 Å². The second-order valence-corrected chi connectivity index (χ2v) is 9.19. The SMILES string of the molecule is Cc1ccc2nc(-c3ccc(NC(=O)C(C)N4CCN(CC(F)(F)F)CC4)cc3)sc2c1. The summed E-state index contributed by atoms with van der Waals surface area (Å²) in [6.07, 6.45) is -4.19. The van der Waals surface area contributed by atoms with E-state index in [4.69, 9.17) is 0 Å². The van der Waals surface area contributed by atoms with Gasteiger partial charge in [-0.25, -0.2) is 4.98 Å². The molecule has 1 fully saturated rings. The number of anilines is 1. The molecule has 170 valence electrons. The average molecular weight is 463 g/mol. The third-order valence-corrected chi connectivity index (χ3v) is 6.75. The Morgan fingerprint density at radius 3 is 2.47 bits per heavy atom. The molecule has 0 radical (unpaired) electrons. The Bertz CT molecular complexity index is 1090. The highest BCUT2D eigenvalue weighted by Gasteiger charge is 2.33. The van der Waals surface area contributed by atoms with Gasteiger partial charge in [0.25, 0.3) is 0 Å². The zero-order valence-electron chi connectivity index (χ0n) is 17.9. The van der Waals surface area contributed by atoms with E-state index in [9.17, 15) is 18.0 Å². The van der Waals surface area contributed by atoms with Gasteiger partial charge in [-0.3, -0.25) is 14.6 Å². The molecule has 2 heterocycles. The number of hydrogen-bond donors (Lipinski definition) is 1. The number of rotatable bonds is 5. The smallest absolute Gasteiger partial charge is 0.325 e. The van der Waals surface area contributed by atoms with Gasteiger partial charge in [0, 0.05) is 37.4 Å². The van der Waals surface area contributed by atoms with Crippen molar-refractivity contribution in [1.82, 2.24) is 14.8 Å². The van der Waals surface area contributed by atoms with Crippen LogP contribution in [0.1, 0.15) is 12.5 Å². The van der Waals surface area contributed by atoms with Gasteiger partial charge in [0.1, 0.15) is 5.01 Å². The summed E-state index contributed by atoms with van der Waals surface area (Å²) < 4.78 is 38.8. The van der Waals surface area contributed by atoms with E-state index in [-0.39, 0.29) is 5.91 Å². The highest BCUT2D eigenvalue weighted by molar-refractivity contribution is 7.21. The molecular weight excluding hydrogens is 437 g/mol. The van der Waals surface area contributed by atoms with Crippen LogP contribution in [-0.4, -0.2) is 65.6 Å². The van der Waals surface area contributed by atoms with Crippen molar-refractivity contribution in [3.05, 3.63) is 48.0 Å². The van der Waals surface area contributed by atoms with Crippen LogP contribution in [0.15, 0.2) is 42.5 Å². The number of carbonyl (C=O) groups excluding carboxylic acids is 1. The third-order valence-electron chi connectivity index (χ3n) is 5.68. The molecule has 9 heteroatoms. The van der Waals surface area contributed by atoms with Gasteiger partial charge in [-0.2, -0.15) is 13.2 Å². The van der Waals surface area contributed by atoms with Gasteiger partial charge in [0.15, 0.2) is 0 Å². The van der Waals surface area contributed by atoms with Gasteiger partial charge in [0.2, 0.25) is 5.91 Å². The summed E-state index contributed by atoms with van der Waals surface area (Å²) in [6.45, 7) is 4.40. The van der Waals surface area contributed by atoms with Crippen LogP contribution < -0.4 is 5.32 Å². The number of halogens is 3. The van der Waals surface area contributed by atoms with E-state index >= 15 is 0 Å². The molecule has 1 aliphatic rings. The molecular formula is C23H25F3N4OS. The Kier molecular flexibility index (Phi) is 6.50. The van der Waals surface area contributed by atoms with Crippen molar-refractivity contribution >= 4 is 33.1 Å². The lowest BCUT2D eigenvalue weighted by molar-refractivity contribution is -0.150. The molecule has 2 aromatic carbocycles. The van der Waals surface area contributed by atoms with Gasteiger partial charge in [-0.15, -0.1) is 11.3 Å². The standard InChI is InChI=1S/C23H25F3N4OS/c1-15-3-8-19-20(13-15)32-22(28-19)17-4-6-18(7-5-17)27-21(31)16(2)30-11-9-29(10-12-30)14-23(24,25)26/h3-8,13,16H,9-12,14H2,1-2H3,(H,27,31). The Hall–Kier alpha value is -2.49. The van der Waals surface area contributed by atoms with Crippen molar-refractivity contribution in [2.45, 2.75) is 26.1 Å². The number of amides is 1. The van der Waals surface area contributed by atoms with Crippen molar-refractivity contribution in [3.63, 3.8) is 0 Å². The number of piperazine rings is 1. The largest absolute Gasteiger partial charge is 0.401 e. The minimum atomic E-state index is -4.19. The molecule has 1 aliphatic heterocycles. The summed E-state index contributed by atoms with van der Waals surface area (Å²) >= 11 is 1.63. The maximum Gasteiger partial charge on any atom is 0.401 e. The summed E-state index contributed by atoms with van der Waals surface area (Å²) in [5.41, 5.74) is 3.83. The van der Waals surface area contributed by atoms with Crippen LogP contribution >= 0.6 is 11.3 Å². The number of fused-ring (bicyclic) bond motifs is 1. The zero-order chi connectivity index (χ0) is 22.9. The van der Waals surface area contributed by atoms with Crippen LogP contribution in [0.3, 0.4) is 0 Å². The first-order valence-electron chi connectivity index (χ1n) is 10.5. The third kappa shape index (κ3) is 5.46. The lowest BCUT2D eigenvalue weighted by atomic mass is 10.2. The monoisotopic (exact) mass is 462 g/mol. The average Bonchev–Trinajstić information content (AvgIpc) is 3.16. The Labute approximate surface area is 188 Å². The number of alkyl halides is 3. The topological polar surface area (TPSA) is 48.5 Å². The fourth-order valence-electron chi connectivity index (χ4n) is 3.83. The molecule has 1 saturated heterocycles. The summed E-state index contributed by atoms with van der Waals surface area (Å²) in [5.74, 6) is -0.169. The lowest BCUT2D eigenvalue weighted by Crippen LogP contribution is -2.54. The predicted molar refractivity (Wildman–Crippen MR) is 122 cm³/mol.